The average Bonchev–Trinajstić information content (AvgIpc) is 2.28. The van der Waals surface area contributed by atoms with Gasteiger partial charge in [0.25, 0.3) is 0 Å². The van der Waals surface area contributed by atoms with E-state index in [9.17, 15) is 13.2 Å². The van der Waals surface area contributed by atoms with Crippen molar-refractivity contribution in [3.63, 3.8) is 0 Å². The summed E-state index contributed by atoms with van der Waals surface area (Å²) in [5, 5.41) is 3.27. The zero-order chi connectivity index (χ0) is 13.0. The van der Waals surface area contributed by atoms with E-state index in [2.05, 4.69) is 16.5 Å². The first kappa shape index (κ1) is 13.2. The Bertz CT molecular complexity index is 386. The van der Waals surface area contributed by atoms with E-state index in [1.807, 2.05) is 6.07 Å². The summed E-state index contributed by atoms with van der Waals surface area (Å²) < 4.78 is 40.2. The van der Waals surface area contributed by atoms with Crippen LogP contribution in [0, 0.1) is 12.3 Å². The molecule has 1 aromatic carbocycles. The smallest absolute Gasteiger partial charge is 0.406 e. The van der Waals surface area contributed by atoms with Crippen LogP contribution < -0.4 is 10.1 Å². The molecule has 0 saturated carbocycles. The topological polar surface area (TPSA) is 21.3 Å². The van der Waals surface area contributed by atoms with Crippen LogP contribution in [-0.4, -0.2) is 19.5 Å². The van der Waals surface area contributed by atoms with Gasteiger partial charge in [0.1, 0.15) is 5.75 Å². The van der Waals surface area contributed by atoms with Gasteiger partial charge in [-0.2, -0.15) is 0 Å². The van der Waals surface area contributed by atoms with Crippen LogP contribution in [0.1, 0.15) is 12.0 Å². The summed E-state index contributed by atoms with van der Waals surface area (Å²) in [6.07, 6.45) is -0.670. The van der Waals surface area contributed by atoms with Crippen LogP contribution in [0.25, 0.3) is 0 Å². The fourth-order valence-electron chi connectivity index (χ4n) is 2.12. The monoisotopic (exact) mass is 258 g/mol. The molecule has 18 heavy (non-hydrogen) atoms. The van der Waals surface area contributed by atoms with Crippen LogP contribution in [0.15, 0.2) is 24.3 Å². The molecule has 1 fully saturated rings. The van der Waals surface area contributed by atoms with Crippen molar-refractivity contribution in [1.29, 1.82) is 0 Å². The maximum Gasteiger partial charge on any atom is 0.573 e. The van der Waals surface area contributed by atoms with Crippen molar-refractivity contribution in [3.05, 3.63) is 36.2 Å². The van der Waals surface area contributed by atoms with Crippen molar-refractivity contribution in [3.8, 4) is 5.75 Å². The van der Waals surface area contributed by atoms with Gasteiger partial charge in [0, 0.05) is 0 Å². The lowest BCUT2D eigenvalue weighted by molar-refractivity contribution is -0.274. The minimum atomic E-state index is -4.63. The highest BCUT2D eigenvalue weighted by molar-refractivity contribution is 5.29. The lowest BCUT2D eigenvalue weighted by atomic mass is 9.92. The minimum Gasteiger partial charge on any atom is -0.406 e. The number of alkyl halides is 3. The second kappa shape index (κ2) is 5.61. The Kier molecular flexibility index (Phi) is 4.11. The maximum absolute atomic E-state index is 12.1. The van der Waals surface area contributed by atoms with E-state index in [0.29, 0.717) is 5.92 Å². The number of nitrogens with one attached hydrogen (secondary N) is 1. The van der Waals surface area contributed by atoms with E-state index in [1.165, 1.54) is 12.1 Å². The van der Waals surface area contributed by atoms with Crippen LogP contribution in [0.4, 0.5) is 13.2 Å². The summed E-state index contributed by atoms with van der Waals surface area (Å²) in [6.45, 7) is 1.86. The average molecular weight is 258 g/mol. The molecule has 0 bridgehead atoms. The van der Waals surface area contributed by atoms with Gasteiger partial charge in [0.05, 0.1) is 0 Å². The Labute approximate surface area is 104 Å². The van der Waals surface area contributed by atoms with E-state index >= 15 is 0 Å². The normalized spacial score (nSPS) is 20.7. The molecule has 99 valence electrons. The second-order valence-electron chi connectivity index (χ2n) is 4.39. The Balaban J connectivity index is 1.98. The Morgan fingerprint density at radius 1 is 1.33 bits per heavy atom. The van der Waals surface area contributed by atoms with Crippen LogP contribution in [0.2, 0.25) is 0 Å². The SMILES string of the molecule is FC(F)(F)Oc1cccc(CC2[CH]CCNC2)c1. The van der Waals surface area contributed by atoms with Gasteiger partial charge in [-0.25, -0.2) is 0 Å². The maximum atomic E-state index is 12.1. The van der Waals surface area contributed by atoms with E-state index < -0.39 is 6.36 Å². The van der Waals surface area contributed by atoms with E-state index in [1.54, 1.807) is 6.07 Å². The van der Waals surface area contributed by atoms with E-state index in [4.69, 9.17) is 0 Å². The third-order valence-corrected chi connectivity index (χ3v) is 2.86. The lowest BCUT2D eigenvalue weighted by Crippen LogP contribution is -2.31. The van der Waals surface area contributed by atoms with Crippen LogP contribution in [-0.2, 0) is 6.42 Å². The number of hydrogen-bond donors (Lipinski definition) is 1. The van der Waals surface area contributed by atoms with Gasteiger partial charge in [0.15, 0.2) is 0 Å². The number of ether oxygens (including phenoxy) is 1. The Morgan fingerprint density at radius 2 is 2.17 bits per heavy atom. The lowest BCUT2D eigenvalue weighted by Gasteiger charge is -2.22. The molecule has 0 aromatic heterocycles. The van der Waals surface area contributed by atoms with Crippen molar-refractivity contribution in [2.24, 2.45) is 5.92 Å². The standard InChI is InChI=1S/C13H15F3NO/c14-13(15,16)18-12-5-1-3-10(8-12)7-11-4-2-6-17-9-11/h1,3-5,8,11,17H,2,6-7,9H2. The first-order chi connectivity index (χ1) is 8.53. The predicted molar refractivity (Wildman–Crippen MR) is 62.1 cm³/mol. The van der Waals surface area contributed by atoms with Crippen LogP contribution in [0.5, 0.6) is 5.75 Å². The molecule has 1 aliphatic rings. The molecule has 2 nitrogen and oxygen atoms in total. The Hall–Kier alpha value is -1.23. The molecule has 5 heteroatoms. The summed E-state index contributed by atoms with van der Waals surface area (Å²) in [7, 11) is 0. The molecule has 1 heterocycles. The highest BCUT2D eigenvalue weighted by Gasteiger charge is 2.31. The third kappa shape index (κ3) is 4.22. The summed E-state index contributed by atoms with van der Waals surface area (Å²) in [5.41, 5.74) is 0.863. The van der Waals surface area contributed by atoms with Gasteiger partial charge in [-0.3, -0.25) is 0 Å². The molecule has 1 radical (unpaired) electrons. The summed E-state index contributed by atoms with van der Waals surface area (Å²) in [5.74, 6) is 0.226. The molecule has 0 amide bonds. The van der Waals surface area contributed by atoms with Gasteiger partial charge in [-0.15, -0.1) is 13.2 Å². The molecule has 1 unspecified atom stereocenters. The number of halogens is 3. The first-order valence-electron chi connectivity index (χ1n) is 5.92. The minimum absolute atomic E-state index is 0.149. The van der Waals surface area contributed by atoms with Gasteiger partial charge in [-0.05, 0) is 56.0 Å². The number of piperidine rings is 1. The number of rotatable bonds is 3. The quantitative estimate of drug-likeness (QED) is 0.900. The largest absolute Gasteiger partial charge is 0.573 e. The predicted octanol–water partition coefficient (Wildman–Crippen LogP) is 2.94. The Morgan fingerprint density at radius 3 is 2.83 bits per heavy atom. The van der Waals surface area contributed by atoms with Crippen LogP contribution in [0.3, 0.4) is 0 Å². The van der Waals surface area contributed by atoms with Gasteiger partial charge in [-0.1, -0.05) is 12.1 Å². The molecule has 1 aliphatic heterocycles. The molecule has 1 aromatic rings. The molecule has 0 spiro atoms. The molecule has 1 saturated heterocycles. The molecular formula is C13H15F3NO. The van der Waals surface area contributed by atoms with Crippen molar-refractivity contribution < 1.29 is 17.9 Å². The molecule has 0 aliphatic carbocycles. The molecule has 1 atom stereocenters. The zero-order valence-corrected chi connectivity index (χ0v) is 9.83. The third-order valence-electron chi connectivity index (χ3n) is 2.86. The molecule has 1 N–H and O–H groups in total. The second-order valence-corrected chi connectivity index (χ2v) is 4.39. The van der Waals surface area contributed by atoms with Crippen molar-refractivity contribution in [2.75, 3.05) is 13.1 Å². The van der Waals surface area contributed by atoms with Gasteiger partial charge >= 0.3 is 6.36 Å². The number of benzene rings is 1. The van der Waals surface area contributed by atoms with E-state index in [-0.39, 0.29) is 5.75 Å². The highest BCUT2D eigenvalue weighted by Crippen LogP contribution is 2.25. The summed E-state index contributed by atoms with van der Waals surface area (Å²) >= 11 is 0. The van der Waals surface area contributed by atoms with Gasteiger partial charge in [0.2, 0.25) is 0 Å². The number of hydrogen-bond acceptors (Lipinski definition) is 2. The molecular weight excluding hydrogens is 243 g/mol. The summed E-state index contributed by atoms with van der Waals surface area (Å²) in [4.78, 5) is 0. The fraction of sp³-hybridized carbons (Fsp3) is 0.462. The van der Waals surface area contributed by atoms with Crippen molar-refractivity contribution in [2.45, 2.75) is 19.2 Å². The van der Waals surface area contributed by atoms with Crippen molar-refractivity contribution in [1.82, 2.24) is 5.32 Å². The fourth-order valence-corrected chi connectivity index (χ4v) is 2.12. The first-order valence-corrected chi connectivity index (χ1v) is 5.92. The van der Waals surface area contributed by atoms with E-state index in [0.717, 1.165) is 31.5 Å². The highest BCUT2D eigenvalue weighted by atomic mass is 19.4. The van der Waals surface area contributed by atoms with Crippen molar-refractivity contribution >= 4 is 0 Å². The van der Waals surface area contributed by atoms with Gasteiger partial charge < -0.3 is 10.1 Å². The van der Waals surface area contributed by atoms with Crippen LogP contribution >= 0.6 is 0 Å². The zero-order valence-electron chi connectivity index (χ0n) is 9.83. The molecule has 2 rings (SSSR count). The summed E-state index contributed by atoms with van der Waals surface area (Å²) in [6, 6.07) is 6.19.